The van der Waals surface area contributed by atoms with Gasteiger partial charge >= 0.3 is 36.9 Å². The molecule has 2 saturated heterocycles. The quantitative estimate of drug-likeness (QED) is 0.0901. The lowest BCUT2D eigenvalue weighted by Crippen LogP contribution is -2.57. The molecule has 0 bridgehead atoms. The van der Waals surface area contributed by atoms with Gasteiger partial charge in [0.15, 0.2) is 12.5 Å². The summed E-state index contributed by atoms with van der Waals surface area (Å²) in [7, 11) is -23.4. The maximum absolute atomic E-state index is 12.9. The summed E-state index contributed by atoms with van der Waals surface area (Å²) in [5, 5.41) is 24.9. The molecule has 8 N–H and O–H groups in total. The third kappa shape index (κ3) is 9.58. The highest BCUT2D eigenvalue weighted by Gasteiger charge is 2.75. The van der Waals surface area contributed by atoms with Crippen molar-refractivity contribution in [3.05, 3.63) is 98.3 Å². The SMILES string of the molecule is CCC1OC2(O)[C@H](n3cc(C#Cc4ccc(C)cc4)c(=O)[nH]c3=O)O[C@H](COP(=O)(O)OP(=O)(O)OP(=O)(O)OP(=O)(O)Nc3ccccc3)[C@@]2(O)O1. The van der Waals surface area contributed by atoms with E-state index in [1.165, 1.54) is 37.3 Å². The molecule has 5 rings (SSSR count). The van der Waals surface area contributed by atoms with E-state index in [0.29, 0.717) is 10.1 Å². The smallest absolute Gasteiger partial charge is 0.359 e. The molecule has 3 aromatic rings. The van der Waals surface area contributed by atoms with Gasteiger partial charge < -0.3 is 44.0 Å². The summed E-state index contributed by atoms with van der Waals surface area (Å²) in [5.74, 6) is -0.688. The van der Waals surface area contributed by atoms with Crippen LogP contribution < -0.4 is 16.3 Å². The second kappa shape index (κ2) is 15.2. The van der Waals surface area contributed by atoms with Gasteiger partial charge in [0.2, 0.25) is 0 Å². The van der Waals surface area contributed by atoms with E-state index in [1.807, 2.05) is 17.0 Å². The van der Waals surface area contributed by atoms with Crippen LogP contribution in [0, 0.1) is 18.8 Å². The Morgan fingerprint density at radius 3 is 2.11 bits per heavy atom. The zero-order valence-electron chi connectivity index (χ0n) is 27.1. The number of phosphoric ester groups is 1. The van der Waals surface area contributed by atoms with Crippen LogP contribution in [0.4, 0.5) is 5.69 Å². The van der Waals surface area contributed by atoms with Crippen LogP contribution in [0.15, 0.2) is 70.4 Å². The predicted octanol–water partition coefficient (Wildman–Crippen LogP) is 1.88. The van der Waals surface area contributed by atoms with E-state index in [0.717, 1.165) is 11.8 Å². The summed E-state index contributed by atoms with van der Waals surface area (Å²) < 4.78 is 83.1. The second-order valence-electron chi connectivity index (χ2n) is 11.2. The molecule has 53 heavy (non-hydrogen) atoms. The number of aromatic nitrogens is 2. The first-order valence-corrected chi connectivity index (χ1v) is 21.0. The number of ether oxygens (including phenoxy) is 3. The first-order chi connectivity index (χ1) is 24.6. The highest BCUT2D eigenvalue weighted by Crippen LogP contribution is 2.71. The van der Waals surface area contributed by atoms with Crippen LogP contribution in [-0.2, 0) is 49.9 Å². The molecule has 2 aromatic carbocycles. The van der Waals surface area contributed by atoms with Crippen LogP contribution in [0.3, 0.4) is 0 Å². The van der Waals surface area contributed by atoms with Gasteiger partial charge in [-0.3, -0.25) is 24.0 Å². The zero-order valence-corrected chi connectivity index (χ0v) is 30.7. The maximum Gasteiger partial charge on any atom is 0.490 e. The van der Waals surface area contributed by atoms with Crippen molar-refractivity contribution in [2.24, 2.45) is 0 Å². The van der Waals surface area contributed by atoms with Crippen LogP contribution in [0.2, 0.25) is 0 Å². The summed E-state index contributed by atoms with van der Waals surface area (Å²) in [6, 6.07) is 13.8. The summed E-state index contributed by atoms with van der Waals surface area (Å²) >= 11 is 0. The number of hydrogen-bond donors (Lipinski definition) is 8. The van der Waals surface area contributed by atoms with E-state index in [9.17, 15) is 57.6 Å². The van der Waals surface area contributed by atoms with E-state index < -0.39 is 79.3 Å². The second-order valence-corrected chi connectivity index (χ2v) is 17.5. The molecule has 1 aromatic heterocycles. The molecule has 3 heterocycles. The van der Waals surface area contributed by atoms with Crippen molar-refractivity contribution < 1.29 is 79.7 Å². The molecule has 0 spiro atoms. The summed E-state index contributed by atoms with van der Waals surface area (Å²) in [5.41, 5.74) is -1.07. The molecule has 288 valence electrons. The number of hydrogen-bond acceptors (Lipinski definition) is 15. The van der Waals surface area contributed by atoms with Gasteiger partial charge in [0.1, 0.15) is 11.7 Å². The minimum absolute atomic E-state index is 0.0176. The summed E-state index contributed by atoms with van der Waals surface area (Å²) in [4.78, 5) is 67.3. The Kier molecular flexibility index (Phi) is 11.8. The van der Waals surface area contributed by atoms with Gasteiger partial charge in [-0.2, -0.15) is 12.9 Å². The topological polar surface area (TPSA) is 321 Å². The van der Waals surface area contributed by atoms with E-state index in [4.69, 9.17) is 14.2 Å². The first kappa shape index (κ1) is 41.1. The highest BCUT2D eigenvalue weighted by atomic mass is 31.3. The van der Waals surface area contributed by atoms with Crippen LogP contribution in [0.1, 0.15) is 36.3 Å². The maximum atomic E-state index is 12.9. The largest absolute Gasteiger partial charge is 0.490 e. The molecule has 2 aliphatic rings. The number of nitrogens with zero attached hydrogens (tertiary/aromatic N) is 1. The highest BCUT2D eigenvalue weighted by molar-refractivity contribution is 7.71. The number of nitrogens with one attached hydrogen (secondary N) is 2. The Bertz CT molecular complexity index is 2220. The molecule has 0 radical (unpaired) electrons. The predicted molar refractivity (Wildman–Crippen MR) is 177 cm³/mol. The molecule has 2 aliphatic heterocycles. The van der Waals surface area contributed by atoms with Gasteiger partial charge in [-0.05, 0) is 37.6 Å². The Balaban J connectivity index is 1.33. The van der Waals surface area contributed by atoms with Crippen molar-refractivity contribution >= 4 is 36.9 Å². The van der Waals surface area contributed by atoms with Gasteiger partial charge in [-0.1, -0.05) is 54.7 Å². The number of phosphoric acid groups is 3. The Labute approximate surface area is 298 Å². The third-order valence-corrected chi connectivity index (χ3v) is 13.2. The van der Waals surface area contributed by atoms with Gasteiger partial charge in [0, 0.05) is 17.4 Å². The fourth-order valence-corrected chi connectivity index (χ4v) is 10.0. The molecule has 22 nitrogen and oxygen atoms in total. The minimum Gasteiger partial charge on any atom is -0.359 e. The zero-order chi connectivity index (χ0) is 39.0. The molecule has 6 unspecified atom stereocenters. The van der Waals surface area contributed by atoms with Crippen molar-refractivity contribution in [3.8, 4) is 11.8 Å². The molecule has 0 aliphatic carbocycles. The summed E-state index contributed by atoms with van der Waals surface area (Å²) in [6.45, 7) is 2.00. The molecule has 9 atom stereocenters. The average molecular weight is 825 g/mol. The number of aryl methyl sites for hydroxylation is 1. The van der Waals surface area contributed by atoms with E-state index in [1.54, 1.807) is 24.3 Å². The van der Waals surface area contributed by atoms with Crippen molar-refractivity contribution in [1.82, 2.24) is 9.55 Å². The van der Waals surface area contributed by atoms with Crippen LogP contribution >= 0.6 is 31.2 Å². The number of aromatic amines is 1. The van der Waals surface area contributed by atoms with Gasteiger partial charge in [-0.15, -0.1) is 0 Å². The fourth-order valence-electron chi connectivity index (χ4n) is 4.89. The summed E-state index contributed by atoms with van der Waals surface area (Å²) in [6.07, 6.45) is -4.68. The number of rotatable bonds is 13. The van der Waals surface area contributed by atoms with Crippen LogP contribution in [0.25, 0.3) is 0 Å². The van der Waals surface area contributed by atoms with Crippen molar-refractivity contribution in [1.29, 1.82) is 0 Å². The number of benzene rings is 2. The van der Waals surface area contributed by atoms with Crippen molar-refractivity contribution in [2.45, 2.75) is 50.5 Å². The average Bonchev–Trinajstić information content (AvgIpc) is 3.42. The fraction of sp³-hybridized carbons (Fsp3) is 0.333. The van der Waals surface area contributed by atoms with Gasteiger partial charge in [-0.25, -0.2) is 23.1 Å². The molecule has 0 saturated carbocycles. The lowest BCUT2D eigenvalue weighted by molar-refractivity contribution is -0.293. The molecule has 2 fully saturated rings. The molecular weight excluding hydrogens is 794 g/mol. The van der Waals surface area contributed by atoms with Crippen molar-refractivity contribution in [2.75, 3.05) is 11.7 Å². The number of para-hydroxylation sites is 1. The number of aliphatic hydroxyl groups is 2. The standard InChI is InChI=1S/C27H31N3O19P4/c1-3-22-45-26(33)21(16-43-51(37,38)48-53(41,42)49-52(39,40)47-50(35,36)29-20-7-5-4-6-8-20)44-24(27(26,34)46-22)30-15-19(23(31)28-25(30)32)14-13-18-11-9-17(2)10-12-18/h4-12,15,21-22,24,33-34H,3,16H2,1-2H3,(H,37,38)(H,39,40)(H,41,42)(H,28,31,32)(H2,29,35,36)/t21-,22?,24-,26-,27?/m1/s1. The molecular formula is C27H31N3O19P4. The lowest BCUT2D eigenvalue weighted by atomic mass is 10.0. The first-order valence-electron chi connectivity index (χ1n) is 14.9. The van der Waals surface area contributed by atoms with Crippen molar-refractivity contribution in [3.63, 3.8) is 0 Å². The molecule has 0 amide bonds. The Morgan fingerprint density at radius 2 is 1.47 bits per heavy atom. The van der Waals surface area contributed by atoms with Crippen LogP contribution in [-0.4, -0.2) is 69.9 Å². The number of H-pyrrole nitrogens is 1. The van der Waals surface area contributed by atoms with Crippen LogP contribution in [0.5, 0.6) is 0 Å². The minimum atomic E-state index is -6.18. The lowest BCUT2D eigenvalue weighted by Gasteiger charge is -2.31. The Hall–Kier alpha value is -3.12. The normalized spacial score (nSPS) is 28.3. The third-order valence-electron chi connectivity index (χ3n) is 7.21. The monoisotopic (exact) mass is 825 g/mol. The van der Waals surface area contributed by atoms with Gasteiger partial charge in [0.25, 0.3) is 17.1 Å². The van der Waals surface area contributed by atoms with E-state index >= 15 is 0 Å². The Morgan fingerprint density at radius 1 is 0.868 bits per heavy atom. The van der Waals surface area contributed by atoms with E-state index in [-0.39, 0.29) is 17.7 Å². The number of fused-ring (bicyclic) bond motifs is 1. The number of anilines is 1. The van der Waals surface area contributed by atoms with Gasteiger partial charge in [0.05, 0.1) is 6.61 Å². The van der Waals surface area contributed by atoms with E-state index in [2.05, 4.69) is 29.3 Å². The molecule has 26 heteroatoms.